The van der Waals surface area contributed by atoms with Gasteiger partial charge in [-0.1, -0.05) is 30.3 Å². The highest BCUT2D eigenvalue weighted by molar-refractivity contribution is 14.0. The lowest BCUT2D eigenvalue weighted by molar-refractivity contribution is 0.354. The first-order valence-corrected chi connectivity index (χ1v) is 9.48. The second kappa shape index (κ2) is 12.1. The highest BCUT2D eigenvalue weighted by Gasteiger charge is 2.04. The number of guanidine groups is 1. The minimum atomic E-state index is 0. The number of nitrogens with zero attached hydrogens (tertiary/aromatic N) is 3. The van der Waals surface area contributed by atoms with Crippen LogP contribution in [0, 0.1) is 0 Å². The van der Waals surface area contributed by atoms with Crippen LogP contribution in [0.25, 0.3) is 0 Å². The summed E-state index contributed by atoms with van der Waals surface area (Å²) in [6, 6.07) is 16.1. The van der Waals surface area contributed by atoms with Gasteiger partial charge >= 0.3 is 0 Å². The predicted molar refractivity (Wildman–Crippen MR) is 130 cm³/mol. The number of ether oxygens (including phenoxy) is 2. The maximum atomic E-state index is 6.02. The summed E-state index contributed by atoms with van der Waals surface area (Å²) >= 11 is 0. The van der Waals surface area contributed by atoms with E-state index < -0.39 is 0 Å². The van der Waals surface area contributed by atoms with Gasteiger partial charge in [0.25, 0.3) is 0 Å². The van der Waals surface area contributed by atoms with E-state index in [9.17, 15) is 0 Å². The molecule has 0 saturated heterocycles. The molecule has 0 bridgehead atoms. The van der Waals surface area contributed by atoms with Gasteiger partial charge in [-0.3, -0.25) is 4.68 Å². The van der Waals surface area contributed by atoms with Crippen molar-refractivity contribution in [2.45, 2.75) is 19.5 Å². The van der Waals surface area contributed by atoms with Gasteiger partial charge in [-0.05, 0) is 41.3 Å². The summed E-state index contributed by atoms with van der Waals surface area (Å²) in [4.78, 5) is 4.44. The zero-order chi connectivity index (χ0) is 20.5. The molecule has 3 rings (SSSR count). The molecule has 1 heterocycles. The van der Waals surface area contributed by atoms with Gasteiger partial charge in [0.05, 0.1) is 27.3 Å². The first-order chi connectivity index (χ1) is 14.2. The first kappa shape index (κ1) is 23.5. The van der Waals surface area contributed by atoms with Crippen molar-refractivity contribution in [3.8, 4) is 11.5 Å². The Hall–Kier alpha value is -2.75. The topological polar surface area (TPSA) is 86.7 Å². The zero-order valence-corrected chi connectivity index (χ0v) is 19.6. The number of hydrogen-bond donors (Lipinski definition) is 2. The molecule has 0 aliphatic rings. The fourth-order valence-electron chi connectivity index (χ4n) is 3.01. The number of methoxy groups -OCH3 is 2. The van der Waals surface area contributed by atoms with Crippen molar-refractivity contribution in [3.05, 3.63) is 77.6 Å². The van der Waals surface area contributed by atoms with E-state index in [0.717, 1.165) is 35.6 Å². The molecule has 0 atom stereocenters. The molecule has 2 aromatic carbocycles. The summed E-state index contributed by atoms with van der Waals surface area (Å²) in [5.41, 5.74) is 9.44. The van der Waals surface area contributed by atoms with Crippen molar-refractivity contribution < 1.29 is 9.47 Å². The predicted octanol–water partition coefficient (Wildman–Crippen LogP) is 3.21. The number of rotatable bonds is 9. The molecule has 0 aliphatic heterocycles. The van der Waals surface area contributed by atoms with Crippen LogP contribution in [0.15, 0.2) is 65.9 Å². The number of nitrogens with one attached hydrogen (secondary N) is 1. The van der Waals surface area contributed by atoms with Crippen molar-refractivity contribution in [1.29, 1.82) is 0 Å². The third-order valence-corrected chi connectivity index (χ3v) is 4.49. The first-order valence-electron chi connectivity index (χ1n) is 9.48. The minimum absolute atomic E-state index is 0. The highest BCUT2D eigenvalue weighted by atomic mass is 127. The van der Waals surface area contributed by atoms with Gasteiger partial charge in [0, 0.05) is 18.9 Å². The molecule has 3 aromatic rings. The molecule has 0 fully saturated rings. The molecule has 1 aromatic heterocycles. The molecule has 0 radical (unpaired) electrons. The van der Waals surface area contributed by atoms with E-state index in [1.54, 1.807) is 20.4 Å². The molecule has 7 nitrogen and oxygen atoms in total. The number of aliphatic imine (C=N–C) groups is 1. The Morgan fingerprint density at radius 2 is 1.83 bits per heavy atom. The van der Waals surface area contributed by atoms with Crippen LogP contribution in [0.2, 0.25) is 0 Å². The van der Waals surface area contributed by atoms with Crippen LogP contribution < -0.4 is 20.5 Å². The van der Waals surface area contributed by atoms with E-state index in [-0.39, 0.29) is 24.0 Å². The Kier molecular flexibility index (Phi) is 9.46. The van der Waals surface area contributed by atoms with E-state index in [2.05, 4.69) is 27.5 Å². The monoisotopic (exact) mass is 521 g/mol. The summed E-state index contributed by atoms with van der Waals surface area (Å²) in [5, 5.41) is 7.40. The quantitative estimate of drug-likeness (QED) is 0.257. The molecular formula is C22H28IN5O2. The maximum absolute atomic E-state index is 6.02. The Morgan fingerprint density at radius 3 is 2.57 bits per heavy atom. The molecule has 3 N–H and O–H groups in total. The van der Waals surface area contributed by atoms with Crippen molar-refractivity contribution in [3.63, 3.8) is 0 Å². The molecule has 30 heavy (non-hydrogen) atoms. The normalized spacial score (nSPS) is 10.9. The van der Waals surface area contributed by atoms with Gasteiger partial charge in [0.1, 0.15) is 0 Å². The number of aromatic nitrogens is 2. The molecule has 0 spiro atoms. The summed E-state index contributed by atoms with van der Waals surface area (Å²) in [6.07, 6.45) is 4.53. The highest BCUT2D eigenvalue weighted by Crippen LogP contribution is 2.27. The SMILES string of the molecule is COc1ccc(CCNC(N)=NCc2cccc(Cn3cccn3)c2)cc1OC.I. The molecule has 0 saturated carbocycles. The lowest BCUT2D eigenvalue weighted by Crippen LogP contribution is -2.33. The molecule has 8 heteroatoms. The molecule has 0 unspecified atom stereocenters. The number of halogens is 1. The largest absolute Gasteiger partial charge is 0.493 e. The van der Waals surface area contributed by atoms with E-state index in [1.807, 2.05) is 47.3 Å². The third kappa shape index (κ3) is 6.94. The van der Waals surface area contributed by atoms with Crippen LogP contribution in [-0.2, 0) is 19.5 Å². The van der Waals surface area contributed by atoms with E-state index in [1.165, 1.54) is 5.56 Å². The lowest BCUT2D eigenvalue weighted by Gasteiger charge is -2.10. The average molecular weight is 521 g/mol. The molecule has 0 amide bonds. The molecular weight excluding hydrogens is 493 g/mol. The average Bonchev–Trinajstić information content (AvgIpc) is 3.25. The summed E-state index contributed by atoms with van der Waals surface area (Å²) < 4.78 is 12.5. The van der Waals surface area contributed by atoms with Crippen LogP contribution in [0.4, 0.5) is 0 Å². The second-order valence-corrected chi connectivity index (χ2v) is 6.59. The van der Waals surface area contributed by atoms with Gasteiger partial charge in [-0.25, -0.2) is 4.99 Å². The van der Waals surface area contributed by atoms with Crippen LogP contribution in [-0.4, -0.2) is 36.5 Å². The number of nitrogens with two attached hydrogens (primary N) is 1. The molecule has 0 aliphatic carbocycles. The van der Waals surface area contributed by atoms with Crippen molar-refractivity contribution in [2.75, 3.05) is 20.8 Å². The smallest absolute Gasteiger partial charge is 0.188 e. The van der Waals surface area contributed by atoms with Gasteiger partial charge in [-0.2, -0.15) is 5.10 Å². The van der Waals surface area contributed by atoms with Crippen LogP contribution in [0.1, 0.15) is 16.7 Å². The van der Waals surface area contributed by atoms with Gasteiger partial charge in [-0.15, -0.1) is 24.0 Å². The van der Waals surface area contributed by atoms with Gasteiger partial charge < -0.3 is 20.5 Å². The van der Waals surface area contributed by atoms with E-state index in [0.29, 0.717) is 19.0 Å². The summed E-state index contributed by atoms with van der Waals surface area (Å²) in [6.45, 7) is 1.95. The molecule has 160 valence electrons. The van der Waals surface area contributed by atoms with Crippen molar-refractivity contribution >= 4 is 29.9 Å². The Morgan fingerprint density at radius 1 is 1.03 bits per heavy atom. The fourth-order valence-corrected chi connectivity index (χ4v) is 3.01. The van der Waals surface area contributed by atoms with Gasteiger partial charge in [0.15, 0.2) is 17.5 Å². The number of hydrogen-bond acceptors (Lipinski definition) is 4. The fraction of sp³-hybridized carbons (Fsp3) is 0.273. The maximum Gasteiger partial charge on any atom is 0.188 e. The van der Waals surface area contributed by atoms with Gasteiger partial charge in [0.2, 0.25) is 0 Å². The Bertz CT molecular complexity index is 944. The van der Waals surface area contributed by atoms with E-state index in [4.69, 9.17) is 15.2 Å². The Labute approximate surface area is 194 Å². The second-order valence-electron chi connectivity index (χ2n) is 6.59. The van der Waals surface area contributed by atoms with E-state index >= 15 is 0 Å². The van der Waals surface area contributed by atoms with Crippen LogP contribution in [0.5, 0.6) is 11.5 Å². The standard InChI is InChI=1S/C22H27N5O2.HI/c1-28-20-8-7-17(14-21(20)29-2)9-11-24-22(23)25-15-18-5-3-6-19(13-18)16-27-12-4-10-26-27;/h3-8,10,12-14H,9,11,15-16H2,1-2H3,(H3,23,24,25);1H. The van der Waals surface area contributed by atoms with Crippen LogP contribution in [0.3, 0.4) is 0 Å². The minimum Gasteiger partial charge on any atom is -0.493 e. The number of benzene rings is 2. The lowest BCUT2D eigenvalue weighted by atomic mass is 10.1. The Balaban J connectivity index is 0.00000320. The van der Waals surface area contributed by atoms with Crippen molar-refractivity contribution in [1.82, 2.24) is 15.1 Å². The third-order valence-electron chi connectivity index (χ3n) is 4.49. The summed E-state index contributed by atoms with van der Waals surface area (Å²) in [7, 11) is 3.26. The zero-order valence-electron chi connectivity index (χ0n) is 17.2. The summed E-state index contributed by atoms with van der Waals surface area (Å²) in [5.74, 6) is 1.88. The van der Waals surface area contributed by atoms with Crippen molar-refractivity contribution in [2.24, 2.45) is 10.7 Å². The van der Waals surface area contributed by atoms with Crippen LogP contribution >= 0.6 is 24.0 Å².